The molecule has 0 aromatic rings. The van der Waals surface area contributed by atoms with Gasteiger partial charge in [0.05, 0.1) is 0 Å². The number of nitrogens with zero attached hydrogens (tertiary/aromatic N) is 2. The van der Waals surface area contributed by atoms with Gasteiger partial charge >= 0.3 is 6.03 Å². The standard InChI is InChI=1S/C11H20N2O2/c1-11(2,3)6-5-7-13-9(14)8-12(4)10(13)15/h5-8H2,1-4H3. The van der Waals surface area contributed by atoms with Crippen molar-refractivity contribution in [2.45, 2.75) is 33.6 Å². The minimum absolute atomic E-state index is 0.0728. The number of carbonyl (C=O) groups excluding carboxylic acids is 2. The molecule has 0 aromatic heterocycles. The van der Waals surface area contributed by atoms with Gasteiger partial charge in [0.25, 0.3) is 0 Å². The zero-order valence-corrected chi connectivity index (χ0v) is 10.0. The SMILES string of the molecule is CN1CC(=O)N(CCCC(C)(C)C)C1=O. The Labute approximate surface area is 91.2 Å². The van der Waals surface area contributed by atoms with Crippen molar-refractivity contribution in [2.75, 3.05) is 20.1 Å². The zero-order chi connectivity index (χ0) is 11.6. The largest absolute Gasteiger partial charge is 0.326 e. The van der Waals surface area contributed by atoms with Crippen LogP contribution in [0.25, 0.3) is 0 Å². The molecule has 0 aliphatic carbocycles. The maximum absolute atomic E-state index is 11.5. The molecule has 1 aliphatic rings. The molecule has 0 bridgehead atoms. The summed E-state index contributed by atoms with van der Waals surface area (Å²) < 4.78 is 0. The van der Waals surface area contributed by atoms with Crippen LogP contribution in [0.15, 0.2) is 0 Å². The van der Waals surface area contributed by atoms with E-state index in [9.17, 15) is 9.59 Å². The number of likely N-dealkylation sites (N-methyl/N-ethyl adjacent to an activating group) is 1. The molecular weight excluding hydrogens is 192 g/mol. The van der Waals surface area contributed by atoms with Crippen molar-refractivity contribution in [3.8, 4) is 0 Å². The highest BCUT2D eigenvalue weighted by Crippen LogP contribution is 2.21. The van der Waals surface area contributed by atoms with Gasteiger partial charge in [-0.15, -0.1) is 0 Å². The molecule has 1 saturated heterocycles. The Morgan fingerprint density at radius 2 is 1.87 bits per heavy atom. The summed E-state index contributed by atoms with van der Waals surface area (Å²) in [6, 6.07) is -0.158. The van der Waals surface area contributed by atoms with E-state index in [1.165, 1.54) is 9.80 Å². The lowest BCUT2D eigenvalue weighted by molar-refractivity contribution is -0.125. The number of carbonyl (C=O) groups is 2. The molecule has 1 aliphatic heterocycles. The second-order valence-electron chi connectivity index (χ2n) is 5.35. The maximum atomic E-state index is 11.5. The van der Waals surface area contributed by atoms with Gasteiger partial charge in [0.15, 0.2) is 0 Å². The molecule has 0 unspecified atom stereocenters. The minimum Gasteiger partial charge on any atom is -0.318 e. The molecule has 0 aromatic carbocycles. The smallest absolute Gasteiger partial charge is 0.318 e. The maximum Gasteiger partial charge on any atom is 0.326 e. The third-order valence-electron chi connectivity index (χ3n) is 2.54. The lowest BCUT2D eigenvalue weighted by atomic mass is 9.90. The highest BCUT2D eigenvalue weighted by molar-refractivity contribution is 6.01. The highest BCUT2D eigenvalue weighted by atomic mass is 16.2. The van der Waals surface area contributed by atoms with E-state index in [0.29, 0.717) is 6.54 Å². The molecule has 0 atom stereocenters. The molecule has 3 amide bonds. The Hall–Kier alpha value is -1.06. The second-order valence-corrected chi connectivity index (χ2v) is 5.35. The van der Waals surface area contributed by atoms with Crippen LogP contribution in [0.3, 0.4) is 0 Å². The van der Waals surface area contributed by atoms with Crippen molar-refractivity contribution in [2.24, 2.45) is 5.41 Å². The molecule has 4 nitrogen and oxygen atoms in total. The van der Waals surface area contributed by atoms with Crippen LogP contribution < -0.4 is 0 Å². The topological polar surface area (TPSA) is 40.6 Å². The van der Waals surface area contributed by atoms with Gasteiger partial charge in [-0.2, -0.15) is 0 Å². The molecule has 0 saturated carbocycles. The lowest BCUT2D eigenvalue weighted by Gasteiger charge is -2.20. The third-order valence-corrected chi connectivity index (χ3v) is 2.54. The van der Waals surface area contributed by atoms with Gasteiger partial charge < -0.3 is 4.90 Å². The summed E-state index contributed by atoms with van der Waals surface area (Å²) in [6.07, 6.45) is 1.91. The first-order valence-corrected chi connectivity index (χ1v) is 5.37. The molecular formula is C11H20N2O2. The van der Waals surface area contributed by atoms with Gasteiger partial charge in [0, 0.05) is 13.6 Å². The zero-order valence-electron chi connectivity index (χ0n) is 10.0. The molecule has 1 rings (SSSR count). The van der Waals surface area contributed by atoms with Crippen LogP contribution >= 0.6 is 0 Å². The Bertz CT molecular complexity index is 268. The van der Waals surface area contributed by atoms with E-state index in [-0.39, 0.29) is 23.9 Å². The van der Waals surface area contributed by atoms with E-state index in [0.717, 1.165) is 12.8 Å². The molecule has 1 heterocycles. The third kappa shape index (κ3) is 3.22. The number of imide groups is 1. The number of amides is 3. The van der Waals surface area contributed by atoms with Crippen LogP contribution in [0.1, 0.15) is 33.6 Å². The molecule has 86 valence electrons. The second kappa shape index (κ2) is 4.21. The lowest BCUT2D eigenvalue weighted by Crippen LogP contribution is -2.32. The van der Waals surface area contributed by atoms with Crippen molar-refractivity contribution < 1.29 is 9.59 Å². The first-order valence-electron chi connectivity index (χ1n) is 5.37. The van der Waals surface area contributed by atoms with Gasteiger partial charge in [0.1, 0.15) is 6.54 Å². The van der Waals surface area contributed by atoms with E-state index < -0.39 is 0 Å². The van der Waals surface area contributed by atoms with Crippen LogP contribution in [-0.4, -0.2) is 41.9 Å². The van der Waals surface area contributed by atoms with Crippen LogP contribution in [0, 0.1) is 5.41 Å². The predicted molar refractivity (Wildman–Crippen MR) is 58.4 cm³/mol. The Balaban J connectivity index is 2.39. The number of urea groups is 1. The molecule has 1 fully saturated rings. The minimum atomic E-state index is -0.158. The van der Waals surface area contributed by atoms with Gasteiger partial charge in [-0.25, -0.2) is 4.79 Å². The fourth-order valence-electron chi connectivity index (χ4n) is 1.66. The van der Waals surface area contributed by atoms with Crippen LogP contribution in [0.5, 0.6) is 0 Å². The quantitative estimate of drug-likeness (QED) is 0.668. The average molecular weight is 212 g/mol. The van der Waals surface area contributed by atoms with E-state index in [2.05, 4.69) is 20.8 Å². The van der Waals surface area contributed by atoms with Crippen LogP contribution in [0.4, 0.5) is 4.79 Å². The summed E-state index contributed by atoms with van der Waals surface area (Å²) in [4.78, 5) is 25.7. The number of hydrogen-bond acceptors (Lipinski definition) is 2. The first kappa shape index (κ1) is 12.0. The van der Waals surface area contributed by atoms with Crippen molar-refractivity contribution in [3.05, 3.63) is 0 Å². The van der Waals surface area contributed by atoms with Crippen LogP contribution in [-0.2, 0) is 4.79 Å². The normalized spacial score (nSPS) is 17.9. The average Bonchev–Trinajstić information content (AvgIpc) is 2.29. The first-order chi connectivity index (χ1) is 6.81. The molecule has 4 heteroatoms. The van der Waals surface area contributed by atoms with E-state index in [4.69, 9.17) is 0 Å². The molecule has 0 N–H and O–H groups in total. The van der Waals surface area contributed by atoms with Crippen molar-refractivity contribution in [1.29, 1.82) is 0 Å². The highest BCUT2D eigenvalue weighted by Gasteiger charge is 2.32. The Kier molecular flexibility index (Phi) is 3.37. The summed E-state index contributed by atoms with van der Waals surface area (Å²) in [5.41, 5.74) is 0.262. The molecule has 15 heavy (non-hydrogen) atoms. The van der Waals surface area contributed by atoms with Crippen LogP contribution in [0.2, 0.25) is 0 Å². The summed E-state index contributed by atoms with van der Waals surface area (Å²) in [5, 5.41) is 0. The van der Waals surface area contributed by atoms with Crippen molar-refractivity contribution in [3.63, 3.8) is 0 Å². The van der Waals surface area contributed by atoms with Gasteiger partial charge in [0.2, 0.25) is 5.91 Å². The number of hydrogen-bond donors (Lipinski definition) is 0. The van der Waals surface area contributed by atoms with E-state index in [1.54, 1.807) is 7.05 Å². The summed E-state index contributed by atoms with van der Waals surface area (Å²) in [5.74, 6) is -0.0728. The monoisotopic (exact) mass is 212 g/mol. The van der Waals surface area contributed by atoms with Gasteiger partial charge in [-0.05, 0) is 18.3 Å². The summed E-state index contributed by atoms with van der Waals surface area (Å²) >= 11 is 0. The molecule has 0 radical (unpaired) electrons. The van der Waals surface area contributed by atoms with Crippen molar-refractivity contribution >= 4 is 11.9 Å². The van der Waals surface area contributed by atoms with E-state index in [1.807, 2.05) is 0 Å². The Morgan fingerprint density at radius 1 is 1.27 bits per heavy atom. The fourth-order valence-corrected chi connectivity index (χ4v) is 1.66. The predicted octanol–water partition coefficient (Wildman–Crippen LogP) is 1.71. The van der Waals surface area contributed by atoms with Gasteiger partial charge in [-0.3, -0.25) is 9.69 Å². The van der Waals surface area contributed by atoms with Crippen molar-refractivity contribution in [1.82, 2.24) is 9.80 Å². The Morgan fingerprint density at radius 3 is 2.27 bits per heavy atom. The number of rotatable bonds is 3. The molecule has 0 spiro atoms. The summed E-state index contributed by atoms with van der Waals surface area (Å²) in [6.45, 7) is 7.26. The van der Waals surface area contributed by atoms with Gasteiger partial charge in [-0.1, -0.05) is 20.8 Å². The summed E-state index contributed by atoms with van der Waals surface area (Å²) in [7, 11) is 1.66. The fraction of sp³-hybridized carbons (Fsp3) is 0.818. The van der Waals surface area contributed by atoms with E-state index >= 15 is 0 Å².